The summed E-state index contributed by atoms with van der Waals surface area (Å²) in [5, 5.41) is 5.18. The van der Waals surface area contributed by atoms with Crippen LogP contribution in [-0.2, 0) is 9.47 Å². The van der Waals surface area contributed by atoms with E-state index in [0.717, 1.165) is 23.3 Å². The van der Waals surface area contributed by atoms with Crippen LogP contribution in [0.5, 0.6) is 5.75 Å². The fourth-order valence-corrected chi connectivity index (χ4v) is 4.22. The van der Waals surface area contributed by atoms with Gasteiger partial charge in [0.15, 0.2) is 0 Å². The second-order valence-corrected chi connectivity index (χ2v) is 10.5. The predicted molar refractivity (Wildman–Crippen MR) is 148 cm³/mol. The largest absolute Gasteiger partial charge is 0.573 e. The Morgan fingerprint density at radius 2 is 1.45 bits per heavy atom. The Hall–Kier alpha value is -4.74. The Morgan fingerprint density at radius 3 is 2.05 bits per heavy atom. The zero-order valence-electron chi connectivity index (χ0n) is 23.1. The minimum atomic E-state index is -4.84. The van der Waals surface area contributed by atoms with Crippen LogP contribution in [0.2, 0.25) is 0 Å². The van der Waals surface area contributed by atoms with Crippen LogP contribution in [0, 0.1) is 0 Å². The second-order valence-electron chi connectivity index (χ2n) is 10.5. The Bertz CT molecular complexity index is 1390. The number of carbonyl (C=O) groups excluding carboxylic acids is 3. The van der Waals surface area contributed by atoms with E-state index >= 15 is 0 Å². The van der Waals surface area contributed by atoms with Gasteiger partial charge in [-0.1, -0.05) is 42.5 Å². The van der Waals surface area contributed by atoms with Crippen LogP contribution in [0.3, 0.4) is 0 Å². The number of esters is 1. The molecular weight excluding hydrogens is 555 g/mol. The smallest absolute Gasteiger partial charge is 0.455 e. The Labute approximate surface area is 240 Å². The Balaban J connectivity index is 1.43. The Morgan fingerprint density at radius 1 is 0.833 bits per heavy atom. The molecule has 1 fully saturated rings. The molecule has 0 saturated carbocycles. The Kier molecular flexibility index (Phi) is 8.93. The molecule has 4 rings (SSSR count). The van der Waals surface area contributed by atoms with Crippen LogP contribution >= 0.6 is 0 Å². The molecule has 0 spiro atoms. The van der Waals surface area contributed by atoms with Gasteiger partial charge in [0.25, 0.3) is 0 Å². The van der Waals surface area contributed by atoms with Crippen molar-refractivity contribution in [2.75, 3.05) is 18.4 Å². The summed E-state index contributed by atoms with van der Waals surface area (Å²) in [4.78, 5) is 39.8. The number of hydrogen-bond donors (Lipinski definition) is 2. The van der Waals surface area contributed by atoms with E-state index in [1.807, 2.05) is 30.3 Å². The molecule has 0 radical (unpaired) electrons. The fraction of sp³-hybridized carbons (Fsp3) is 0.300. The molecule has 3 aromatic rings. The van der Waals surface area contributed by atoms with E-state index in [0.29, 0.717) is 0 Å². The number of nitrogens with zero attached hydrogens (tertiary/aromatic N) is 1. The maximum absolute atomic E-state index is 13.0. The third kappa shape index (κ3) is 8.63. The molecule has 1 heterocycles. The van der Waals surface area contributed by atoms with Crippen LogP contribution < -0.4 is 15.4 Å². The predicted octanol–water partition coefficient (Wildman–Crippen LogP) is 6.22. The molecule has 0 aromatic heterocycles. The third-order valence-electron chi connectivity index (χ3n) is 6.07. The van der Waals surface area contributed by atoms with Crippen LogP contribution in [0.1, 0.15) is 31.1 Å². The molecule has 1 aliphatic heterocycles. The highest BCUT2D eigenvalue weighted by molar-refractivity contribution is 5.91. The minimum Gasteiger partial charge on any atom is -0.455 e. The summed E-state index contributed by atoms with van der Waals surface area (Å²) in [5.41, 5.74) is 1.61. The zero-order chi connectivity index (χ0) is 30.5. The summed E-state index contributed by atoms with van der Waals surface area (Å²) in [6.07, 6.45) is -6.39. The number of rotatable bonds is 6. The molecule has 0 aliphatic carbocycles. The summed E-state index contributed by atoms with van der Waals surface area (Å²) in [7, 11) is 0. The van der Waals surface area contributed by atoms with Gasteiger partial charge >= 0.3 is 24.5 Å². The SMILES string of the molecule is CC(C)(C)OC(=O)N1C[C@H](NC(=O)Nc2ccc(OC(F)(F)F)cc2)[C@@H](OC(=O)c2ccc(-c3ccccc3)cc2)C1. The monoisotopic (exact) mass is 585 g/mol. The molecule has 2 atom stereocenters. The minimum absolute atomic E-state index is 0.00835. The molecule has 42 heavy (non-hydrogen) atoms. The number of ether oxygens (including phenoxy) is 3. The number of amides is 3. The normalized spacial score (nSPS) is 16.9. The molecule has 12 heteroatoms. The van der Waals surface area contributed by atoms with E-state index in [4.69, 9.17) is 9.47 Å². The topological polar surface area (TPSA) is 106 Å². The van der Waals surface area contributed by atoms with E-state index < -0.39 is 48.0 Å². The first-order valence-electron chi connectivity index (χ1n) is 13.0. The summed E-state index contributed by atoms with van der Waals surface area (Å²) < 4.78 is 52.2. The highest BCUT2D eigenvalue weighted by atomic mass is 19.4. The van der Waals surface area contributed by atoms with Gasteiger partial charge in [0, 0.05) is 12.2 Å². The van der Waals surface area contributed by atoms with Crippen molar-refractivity contribution in [3.05, 3.63) is 84.4 Å². The van der Waals surface area contributed by atoms with Gasteiger partial charge in [-0.25, -0.2) is 14.4 Å². The molecule has 0 bridgehead atoms. The number of hydrogen-bond acceptors (Lipinski definition) is 6. The van der Waals surface area contributed by atoms with Gasteiger partial charge < -0.3 is 29.7 Å². The maximum Gasteiger partial charge on any atom is 0.573 e. The first-order chi connectivity index (χ1) is 19.8. The fourth-order valence-electron chi connectivity index (χ4n) is 4.22. The van der Waals surface area contributed by atoms with E-state index in [-0.39, 0.29) is 24.3 Å². The van der Waals surface area contributed by atoms with Gasteiger partial charge in [-0.15, -0.1) is 13.2 Å². The van der Waals surface area contributed by atoms with Crippen molar-refractivity contribution < 1.29 is 41.8 Å². The van der Waals surface area contributed by atoms with Crippen LogP contribution in [0.25, 0.3) is 11.1 Å². The van der Waals surface area contributed by atoms with Crippen LogP contribution in [0.4, 0.5) is 28.4 Å². The number of nitrogens with one attached hydrogen (secondary N) is 2. The van der Waals surface area contributed by atoms with E-state index in [1.54, 1.807) is 45.0 Å². The summed E-state index contributed by atoms with van der Waals surface area (Å²) >= 11 is 0. The van der Waals surface area contributed by atoms with E-state index in [9.17, 15) is 27.6 Å². The number of anilines is 1. The van der Waals surface area contributed by atoms with Gasteiger partial charge in [0.2, 0.25) is 0 Å². The number of alkyl halides is 3. The van der Waals surface area contributed by atoms with Gasteiger partial charge in [-0.2, -0.15) is 0 Å². The highest BCUT2D eigenvalue weighted by Gasteiger charge is 2.40. The van der Waals surface area contributed by atoms with Crippen molar-refractivity contribution in [2.24, 2.45) is 0 Å². The third-order valence-corrected chi connectivity index (χ3v) is 6.07. The molecule has 3 aromatic carbocycles. The standard InChI is InChI=1S/C30H30F3N3O6/c1-29(2,3)42-28(39)36-17-24(35-27(38)34-22-13-15-23(16-14-22)41-30(31,32)33)25(18-36)40-26(37)21-11-9-20(10-12-21)19-7-5-4-6-8-19/h4-16,24-25H,17-18H2,1-3H3,(H2,34,35,38)/t24-,25-/m0/s1. The number of likely N-dealkylation sites (tertiary alicyclic amines) is 1. The number of carbonyl (C=O) groups is 3. The lowest BCUT2D eigenvalue weighted by Crippen LogP contribution is -2.46. The van der Waals surface area contributed by atoms with Crippen molar-refractivity contribution in [2.45, 2.75) is 44.9 Å². The lowest BCUT2D eigenvalue weighted by molar-refractivity contribution is -0.274. The van der Waals surface area contributed by atoms with Gasteiger partial charge in [0.1, 0.15) is 17.5 Å². The van der Waals surface area contributed by atoms with E-state index in [2.05, 4.69) is 15.4 Å². The quantitative estimate of drug-likeness (QED) is 0.333. The van der Waals surface area contributed by atoms with Gasteiger partial charge in [-0.05, 0) is 68.3 Å². The van der Waals surface area contributed by atoms with Crippen LogP contribution in [0.15, 0.2) is 78.9 Å². The maximum atomic E-state index is 13.0. The van der Waals surface area contributed by atoms with Crippen molar-refractivity contribution in [3.63, 3.8) is 0 Å². The first kappa shape index (κ1) is 30.2. The summed E-state index contributed by atoms with van der Waals surface area (Å²) in [6.45, 7) is 5.10. The first-order valence-corrected chi connectivity index (χ1v) is 13.0. The van der Waals surface area contributed by atoms with Gasteiger partial charge in [-0.3, -0.25) is 0 Å². The lowest BCUT2D eigenvalue weighted by Gasteiger charge is -2.24. The second kappa shape index (κ2) is 12.4. The molecule has 2 N–H and O–H groups in total. The van der Waals surface area contributed by atoms with E-state index in [1.165, 1.54) is 17.0 Å². The zero-order valence-corrected chi connectivity index (χ0v) is 23.1. The van der Waals surface area contributed by atoms with Gasteiger partial charge in [0.05, 0.1) is 18.2 Å². The van der Waals surface area contributed by atoms with Crippen LogP contribution in [-0.4, -0.2) is 60.2 Å². The number of urea groups is 1. The van der Waals surface area contributed by atoms with Crippen molar-refractivity contribution in [3.8, 4) is 16.9 Å². The van der Waals surface area contributed by atoms with Crippen molar-refractivity contribution in [1.29, 1.82) is 0 Å². The molecule has 9 nitrogen and oxygen atoms in total. The average Bonchev–Trinajstić information content (AvgIpc) is 3.30. The summed E-state index contributed by atoms with van der Waals surface area (Å²) in [5.74, 6) is -1.08. The van der Waals surface area contributed by atoms with Crippen molar-refractivity contribution in [1.82, 2.24) is 10.2 Å². The molecule has 1 aliphatic rings. The molecule has 222 valence electrons. The molecule has 1 saturated heterocycles. The molecule has 3 amide bonds. The average molecular weight is 586 g/mol. The lowest BCUT2D eigenvalue weighted by atomic mass is 10.0. The summed E-state index contributed by atoms with van der Waals surface area (Å²) in [6, 6.07) is 19.5. The molecule has 0 unspecified atom stereocenters. The number of benzene rings is 3. The molecular formula is C30H30F3N3O6. The van der Waals surface area contributed by atoms with Crippen molar-refractivity contribution >= 4 is 23.8 Å². The number of halogens is 3. The highest BCUT2D eigenvalue weighted by Crippen LogP contribution is 2.25.